The van der Waals surface area contributed by atoms with E-state index in [2.05, 4.69) is 54.5 Å². The minimum absolute atomic E-state index is 0.501. The van der Waals surface area contributed by atoms with E-state index in [1.54, 1.807) is 0 Å². The lowest BCUT2D eigenvalue weighted by Gasteiger charge is -2.44. The summed E-state index contributed by atoms with van der Waals surface area (Å²) in [5.74, 6) is 9.57. The molecule has 2 atom stereocenters. The van der Waals surface area contributed by atoms with E-state index in [0.717, 1.165) is 59.2 Å². The van der Waals surface area contributed by atoms with E-state index in [4.69, 9.17) is 0 Å². The van der Waals surface area contributed by atoms with Gasteiger partial charge in [0.25, 0.3) is 0 Å². The van der Waals surface area contributed by atoms with Crippen LogP contribution in [0.4, 0.5) is 0 Å². The van der Waals surface area contributed by atoms with Crippen molar-refractivity contribution in [2.45, 2.75) is 138 Å². The fourth-order valence-corrected chi connectivity index (χ4v) is 8.99. The molecule has 34 heavy (non-hydrogen) atoms. The molecule has 0 saturated heterocycles. The third kappa shape index (κ3) is 6.54. The first kappa shape index (κ1) is 26.8. The second-order valence-corrected chi connectivity index (χ2v) is 15.4. The molecule has 0 spiro atoms. The van der Waals surface area contributed by atoms with Crippen molar-refractivity contribution < 1.29 is 0 Å². The van der Waals surface area contributed by atoms with E-state index in [-0.39, 0.29) is 0 Å². The van der Waals surface area contributed by atoms with Gasteiger partial charge in [-0.1, -0.05) is 60.1 Å². The van der Waals surface area contributed by atoms with Gasteiger partial charge in [-0.2, -0.15) is 0 Å². The first-order chi connectivity index (χ1) is 16.1. The molecular formula is C34H60. The Labute approximate surface area is 214 Å². The molecule has 0 aliphatic heterocycles. The second kappa shape index (κ2) is 11.4. The predicted octanol–water partition coefficient (Wildman–Crippen LogP) is 10.7. The van der Waals surface area contributed by atoms with Crippen LogP contribution < -0.4 is 0 Å². The molecule has 0 aromatic heterocycles. The molecule has 0 aromatic carbocycles. The highest BCUT2D eigenvalue weighted by molar-refractivity contribution is 5.16. The van der Waals surface area contributed by atoms with E-state index in [9.17, 15) is 0 Å². The highest BCUT2D eigenvalue weighted by atomic mass is 14.4. The zero-order valence-electron chi connectivity index (χ0n) is 24.3. The van der Waals surface area contributed by atoms with E-state index < -0.39 is 0 Å². The van der Waals surface area contributed by atoms with Gasteiger partial charge in [-0.25, -0.2) is 0 Å². The summed E-state index contributed by atoms with van der Waals surface area (Å²) >= 11 is 0. The fourth-order valence-electron chi connectivity index (χ4n) is 8.99. The molecule has 0 bridgehead atoms. The van der Waals surface area contributed by atoms with Crippen LogP contribution in [-0.2, 0) is 0 Å². The molecule has 0 amide bonds. The van der Waals surface area contributed by atoms with Crippen molar-refractivity contribution >= 4 is 0 Å². The molecule has 4 aliphatic carbocycles. The van der Waals surface area contributed by atoms with E-state index in [1.165, 1.54) is 89.9 Å². The SMILES string of the molecule is CC(C)C1CCC(C2C=C(C3CCC(C(C)(C)C)CC3)CC(C3CCC(C(C)C)CC3)C2)CC1. The second-order valence-electron chi connectivity index (χ2n) is 15.4. The first-order valence-electron chi connectivity index (χ1n) is 15.8. The van der Waals surface area contributed by atoms with Crippen LogP contribution in [0, 0.1) is 64.6 Å². The lowest BCUT2D eigenvalue weighted by atomic mass is 9.61. The van der Waals surface area contributed by atoms with Gasteiger partial charge in [0.15, 0.2) is 0 Å². The Balaban J connectivity index is 1.44. The molecule has 0 radical (unpaired) electrons. The molecule has 0 heterocycles. The highest BCUT2D eigenvalue weighted by Gasteiger charge is 2.39. The molecule has 0 N–H and O–H groups in total. The summed E-state index contributed by atoms with van der Waals surface area (Å²) in [6.07, 6.45) is 24.0. The van der Waals surface area contributed by atoms with Gasteiger partial charge in [0, 0.05) is 0 Å². The molecular weight excluding hydrogens is 408 g/mol. The van der Waals surface area contributed by atoms with Gasteiger partial charge in [-0.15, -0.1) is 0 Å². The first-order valence-corrected chi connectivity index (χ1v) is 15.8. The van der Waals surface area contributed by atoms with Crippen molar-refractivity contribution in [1.29, 1.82) is 0 Å². The Morgan fingerprint density at radius 3 is 1.59 bits per heavy atom. The van der Waals surface area contributed by atoms with Gasteiger partial charge >= 0.3 is 0 Å². The summed E-state index contributed by atoms with van der Waals surface area (Å²) in [5, 5.41) is 0. The van der Waals surface area contributed by atoms with E-state index >= 15 is 0 Å². The van der Waals surface area contributed by atoms with E-state index in [1.807, 2.05) is 5.57 Å². The van der Waals surface area contributed by atoms with Gasteiger partial charge in [0.05, 0.1) is 0 Å². The van der Waals surface area contributed by atoms with Crippen LogP contribution in [0.3, 0.4) is 0 Å². The number of rotatable bonds is 5. The van der Waals surface area contributed by atoms with Crippen LogP contribution >= 0.6 is 0 Å². The Hall–Kier alpha value is -0.260. The molecule has 3 fully saturated rings. The van der Waals surface area contributed by atoms with Crippen LogP contribution in [0.1, 0.15) is 138 Å². The summed E-state index contributed by atoms with van der Waals surface area (Å²) in [5.41, 5.74) is 2.45. The van der Waals surface area contributed by atoms with Crippen LogP contribution in [0.25, 0.3) is 0 Å². The maximum absolute atomic E-state index is 2.92. The number of hydrogen-bond acceptors (Lipinski definition) is 0. The monoisotopic (exact) mass is 468 g/mol. The quantitative estimate of drug-likeness (QED) is 0.352. The number of allylic oxidation sites excluding steroid dienone is 2. The van der Waals surface area contributed by atoms with E-state index in [0.29, 0.717) is 5.41 Å². The molecule has 0 aromatic rings. The normalized spacial score (nSPS) is 40.4. The maximum atomic E-state index is 2.92. The standard InChI is InChI=1S/C34H60/c1-23(2)25-8-12-27(13-9-25)30-20-31(28-14-10-26(11-15-28)24(3)4)22-32(21-30)29-16-18-33(19-17-29)34(5,6)7/h21,23-31,33H,8-20,22H2,1-7H3. The maximum Gasteiger partial charge on any atom is -0.0200 e. The molecule has 4 rings (SSSR count). The average molecular weight is 469 g/mol. The third-order valence-corrected chi connectivity index (χ3v) is 11.8. The molecule has 4 aliphatic rings. The Kier molecular flexibility index (Phi) is 9.00. The smallest absolute Gasteiger partial charge is 0.0200 e. The van der Waals surface area contributed by atoms with Crippen molar-refractivity contribution in [2.75, 3.05) is 0 Å². The van der Waals surface area contributed by atoms with Gasteiger partial charge in [-0.05, 0) is 154 Å². The van der Waals surface area contributed by atoms with Gasteiger partial charge in [-0.3, -0.25) is 0 Å². The summed E-state index contributed by atoms with van der Waals surface area (Å²) in [4.78, 5) is 0. The average Bonchev–Trinajstić information content (AvgIpc) is 2.83. The topological polar surface area (TPSA) is 0 Å². The van der Waals surface area contributed by atoms with Crippen molar-refractivity contribution in [3.63, 3.8) is 0 Å². The van der Waals surface area contributed by atoms with Crippen molar-refractivity contribution in [3.8, 4) is 0 Å². The fraction of sp³-hybridized carbons (Fsp3) is 0.941. The Bertz CT molecular complexity index is 636. The third-order valence-electron chi connectivity index (χ3n) is 11.8. The largest absolute Gasteiger partial charge is 0.0816 e. The molecule has 0 heteroatoms. The minimum Gasteiger partial charge on any atom is -0.0816 e. The zero-order valence-corrected chi connectivity index (χ0v) is 24.3. The highest BCUT2D eigenvalue weighted by Crippen LogP contribution is 2.50. The van der Waals surface area contributed by atoms with Crippen molar-refractivity contribution in [2.24, 2.45) is 64.6 Å². The summed E-state index contributed by atoms with van der Waals surface area (Å²) in [6, 6.07) is 0. The lowest BCUT2D eigenvalue weighted by Crippen LogP contribution is -2.33. The molecule has 0 nitrogen and oxygen atoms in total. The van der Waals surface area contributed by atoms with Gasteiger partial charge < -0.3 is 0 Å². The summed E-state index contributed by atoms with van der Waals surface area (Å²) in [6.45, 7) is 17.3. The predicted molar refractivity (Wildman–Crippen MR) is 150 cm³/mol. The molecule has 196 valence electrons. The van der Waals surface area contributed by atoms with Gasteiger partial charge in [0.1, 0.15) is 0 Å². The van der Waals surface area contributed by atoms with Crippen LogP contribution in [0.5, 0.6) is 0 Å². The number of hydrogen-bond donors (Lipinski definition) is 0. The Morgan fingerprint density at radius 2 is 1.12 bits per heavy atom. The molecule has 2 unspecified atom stereocenters. The summed E-state index contributed by atoms with van der Waals surface area (Å²) in [7, 11) is 0. The molecule has 3 saturated carbocycles. The van der Waals surface area contributed by atoms with Crippen LogP contribution in [-0.4, -0.2) is 0 Å². The van der Waals surface area contributed by atoms with Gasteiger partial charge in [0.2, 0.25) is 0 Å². The van der Waals surface area contributed by atoms with Crippen molar-refractivity contribution in [3.05, 3.63) is 11.6 Å². The lowest BCUT2D eigenvalue weighted by molar-refractivity contribution is 0.117. The van der Waals surface area contributed by atoms with Crippen LogP contribution in [0.2, 0.25) is 0 Å². The zero-order chi connectivity index (χ0) is 24.5. The minimum atomic E-state index is 0.501. The summed E-state index contributed by atoms with van der Waals surface area (Å²) < 4.78 is 0. The van der Waals surface area contributed by atoms with Crippen LogP contribution in [0.15, 0.2) is 11.6 Å². The Morgan fingerprint density at radius 1 is 0.618 bits per heavy atom. The van der Waals surface area contributed by atoms with Crippen molar-refractivity contribution in [1.82, 2.24) is 0 Å².